The van der Waals surface area contributed by atoms with Gasteiger partial charge in [0.2, 0.25) is 10.0 Å². The van der Waals surface area contributed by atoms with Crippen molar-refractivity contribution in [3.05, 3.63) is 29.6 Å². The van der Waals surface area contributed by atoms with Crippen molar-refractivity contribution in [2.45, 2.75) is 19.8 Å². The maximum atomic E-state index is 13.7. The second-order valence-corrected chi connectivity index (χ2v) is 5.80. The lowest BCUT2D eigenvalue weighted by molar-refractivity contribution is 0.318. The van der Waals surface area contributed by atoms with Gasteiger partial charge in [0.05, 0.1) is 11.4 Å². The van der Waals surface area contributed by atoms with Gasteiger partial charge in [0.25, 0.3) is 0 Å². The number of sulfonamides is 1. The van der Waals surface area contributed by atoms with Crippen molar-refractivity contribution in [2.24, 2.45) is 10.9 Å². The monoisotopic (exact) mass is 289 g/mol. The van der Waals surface area contributed by atoms with E-state index in [0.29, 0.717) is 6.42 Å². The summed E-state index contributed by atoms with van der Waals surface area (Å²) in [5.74, 6) is -1.10. The number of rotatable bonds is 6. The second kappa shape index (κ2) is 6.37. The third-order valence-electron chi connectivity index (χ3n) is 2.40. The topological polar surface area (TPSA) is 105 Å². The van der Waals surface area contributed by atoms with Crippen molar-refractivity contribution < 1.29 is 18.0 Å². The highest BCUT2D eigenvalue weighted by molar-refractivity contribution is 7.92. The molecule has 0 atom stereocenters. The van der Waals surface area contributed by atoms with Gasteiger partial charge in [-0.15, -0.1) is 0 Å². The third-order valence-corrected chi connectivity index (χ3v) is 3.76. The van der Waals surface area contributed by atoms with Gasteiger partial charge in [0.15, 0.2) is 5.84 Å². The van der Waals surface area contributed by atoms with Gasteiger partial charge >= 0.3 is 0 Å². The molecule has 106 valence electrons. The number of oxime groups is 1. The third kappa shape index (κ3) is 4.40. The van der Waals surface area contributed by atoms with Crippen molar-refractivity contribution in [3.8, 4) is 0 Å². The lowest BCUT2D eigenvalue weighted by Gasteiger charge is -2.09. The molecule has 0 fully saturated rings. The Hall–Kier alpha value is -1.83. The van der Waals surface area contributed by atoms with Crippen LogP contribution in [0.5, 0.6) is 0 Å². The molecule has 0 aliphatic carbocycles. The van der Waals surface area contributed by atoms with E-state index in [9.17, 15) is 12.8 Å². The minimum absolute atomic E-state index is 0.0646. The van der Waals surface area contributed by atoms with Crippen molar-refractivity contribution in [2.75, 3.05) is 10.5 Å². The average molecular weight is 289 g/mol. The highest BCUT2D eigenvalue weighted by Crippen LogP contribution is 2.17. The molecule has 1 rings (SSSR count). The van der Waals surface area contributed by atoms with Gasteiger partial charge in [0.1, 0.15) is 5.82 Å². The van der Waals surface area contributed by atoms with Crippen LogP contribution in [0.1, 0.15) is 25.3 Å². The molecular formula is C11H16FN3O3S. The van der Waals surface area contributed by atoms with Crippen LogP contribution in [0.2, 0.25) is 0 Å². The van der Waals surface area contributed by atoms with Gasteiger partial charge in [0, 0.05) is 5.56 Å². The summed E-state index contributed by atoms with van der Waals surface area (Å²) in [4.78, 5) is 0. The van der Waals surface area contributed by atoms with Gasteiger partial charge in [-0.25, -0.2) is 12.8 Å². The second-order valence-electron chi connectivity index (χ2n) is 3.95. The fourth-order valence-corrected chi connectivity index (χ4v) is 2.64. The molecule has 1 aromatic rings. The minimum Gasteiger partial charge on any atom is -0.409 e. The molecule has 0 spiro atoms. The Bertz CT molecular complexity index is 573. The fraction of sp³-hybridized carbons (Fsp3) is 0.364. The first-order valence-electron chi connectivity index (χ1n) is 5.67. The van der Waals surface area contributed by atoms with Crippen molar-refractivity contribution in [1.82, 2.24) is 0 Å². The quantitative estimate of drug-likeness (QED) is 0.319. The SMILES string of the molecule is CCCCS(=O)(=O)Nc1ccc(/C(N)=N/O)cc1F. The van der Waals surface area contributed by atoms with E-state index in [4.69, 9.17) is 10.9 Å². The van der Waals surface area contributed by atoms with Gasteiger partial charge < -0.3 is 10.9 Å². The first-order chi connectivity index (χ1) is 8.89. The summed E-state index contributed by atoms with van der Waals surface area (Å²) in [5.41, 5.74) is 5.30. The lowest BCUT2D eigenvalue weighted by Crippen LogP contribution is -2.18. The normalized spacial score (nSPS) is 12.4. The molecular weight excluding hydrogens is 273 g/mol. The number of benzene rings is 1. The van der Waals surface area contributed by atoms with Crippen LogP contribution in [0, 0.1) is 5.82 Å². The van der Waals surface area contributed by atoms with Crippen LogP contribution in [0.25, 0.3) is 0 Å². The number of unbranched alkanes of at least 4 members (excludes halogenated alkanes) is 1. The van der Waals surface area contributed by atoms with E-state index >= 15 is 0 Å². The van der Waals surface area contributed by atoms with Gasteiger partial charge in [-0.1, -0.05) is 18.5 Å². The first-order valence-corrected chi connectivity index (χ1v) is 7.32. The van der Waals surface area contributed by atoms with E-state index in [2.05, 4.69) is 9.88 Å². The number of hydrogen-bond acceptors (Lipinski definition) is 4. The van der Waals surface area contributed by atoms with Crippen molar-refractivity contribution >= 4 is 21.5 Å². The van der Waals surface area contributed by atoms with Gasteiger partial charge in [-0.05, 0) is 24.6 Å². The molecule has 0 saturated carbocycles. The van der Waals surface area contributed by atoms with Crippen LogP contribution in [0.3, 0.4) is 0 Å². The summed E-state index contributed by atoms with van der Waals surface area (Å²) in [5, 5.41) is 11.2. The van der Waals surface area contributed by atoms with Crippen LogP contribution < -0.4 is 10.5 Å². The average Bonchev–Trinajstić information content (AvgIpc) is 2.37. The molecule has 0 aromatic heterocycles. The Kier molecular flexibility index (Phi) is 5.11. The van der Waals surface area contributed by atoms with E-state index in [1.807, 2.05) is 6.92 Å². The fourth-order valence-electron chi connectivity index (χ4n) is 1.37. The summed E-state index contributed by atoms with van der Waals surface area (Å²) in [7, 11) is -3.56. The first kappa shape index (κ1) is 15.2. The molecule has 0 saturated heterocycles. The number of amidine groups is 1. The minimum atomic E-state index is -3.56. The Morgan fingerprint density at radius 1 is 1.53 bits per heavy atom. The van der Waals surface area contributed by atoms with Crippen molar-refractivity contribution in [1.29, 1.82) is 0 Å². The van der Waals surface area contributed by atoms with E-state index in [1.165, 1.54) is 12.1 Å². The molecule has 8 heteroatoms. The summed E-state index contributed by atoms with van der Waals surface area (Å²) < 4.78 is 39.1. The number of nitrogens with zero attached hydrogens (tertiary/aromatic N) is 1. The molecule has 0 amide bonds. The van der Waals surface area contributed by atoms with E-state index in [-0.39, 0.29) is 22.8 Å². The van der Waals surface area contributed by atoms with Crippen LogP contribution in [-0.2, 0) is 10.0 Å². The molecule has 1 aromatic carbocycles. The maximum Gasteiger partial charge on any atom is 0.232 e. The summed E-state index contributed by atoms with van der Waals surface area (Å²) >= 11 is 0. The Labute approximate surface area is 111 Å². The molecule has 0 aliphatic rings. The smallest absolute Gasteiger partial charge is 0.232 e. The zero-order valence-electron chi connectivity index (χ0n) is 10.4. The summed E-state index contributed by atoms with van der Waals surface area (Å²) in [6.07, 6.45) is 1.23. The lowest BCUT2D eigenvalue weighted by atomic mass is 10.2. The number of anilines is 1. The van der Waals surface area contributed by atoms with Crippen molar-refractivity contribution in [3.63, 3.8) is 0 Å². The van der Waals surface area contributed by atoms with Crippen LogP contribution in [0.15, 0.2) is 23.4 Å². The molecule has 19 heavy (non-hydrogen) atoms. The maximum absolute atomic E-state index is 13.7. The van der Waals surface area contributed by atoms with Crippen LogP contribution in [0.4, 0.5) is 10.1 Å². The predicted octanol–water partition coefficient (Wildman–Crippen LogP) is 1.46. The highest BCUT2D eigenvalue weighted by atomic mass is 32.2. The highest BCUT2D eigenvalue weighted by Gasteiger charge is 2.13. The molecule has 4 N–H and O–H groups in total. The molecule has 0 aliphatic heterocycles. The van der Waals surface area contributed by atoms with E-state index < -0.39 is 15.8 Å². The van der Waals surface area contributed by atoms with Gasteiger partial charge in [-0.3, -0.25) is 4.72 Å². The zero-order valence-corrected chi connectivity index (χ0v) is 11.2. The predicted molar refractivity (Wildman–Crippen MR) is 71.2 cm³/mol. The molecule has 0 unspecified atom stereocenters. The van der Waals surface area contributed by atoms with E-state index in [1.54, 1.807) is 0 Å². The number of nitrogens with one attached hydrogen (secondary N) is 1. The molecule has 0 bridgehead atoms. The molecule has 6 nitrogen and oxygen atoms in total. The largest absolute Gasteiger partial charge is 0.409 e. The van der Waals surface area contributed by atoms with E-state index in [0.717, 1.165) is 12.5 Å². The Balaban J connectivity index is 2.92. The summed E-state index contributed by atoms with van der Waals surface area (Å²) in [6.45, 7) is 1.86. The molecule has 0 radical (unpaired) electrons. The van der Waals surface area contributed by atoms with Crippen LogP contribution >= 0.6 is 0 Å². The molecule has 0 heterocycles. The zero-order chi connectivity index (χ0) is 14.5. The Morgan fingerprint density at radius 3 is 2.74 bits per heavy atom. The number of nitrogens with two attached hydrogens (primary N) is 1. The number of halogens is 1. The van der Waals surface area contributed by atoms with Gasteiger partial charge in [-0.2, -0.15) is 0 Å². The summed E-state index contributed by atoms with van der Waals surface area (Å²) in [6, 6.07) is 3.58. The standard InChI is InChI=1S/C11H16FN3O3S/c1-2-3-6-19(17,18)15-10-5-4-8(7-9(10)12)11(13)14-16/h4-5,7,15-16H,2-3,6H2,1H3,(H2,13,14). The number of hydrogen-bond donors (Lipinski definition) is 3. The van der Waals surface area contributed by atoms with Crippen LogP contribution in [-0.4, -0.2) is 25.2 Å². The Morgan fingerprint density at radius 2 is 2.21 bits per heavy atom.